The number of hydrogen-bond acceptors (Lipinski definition) is 6. The van der Waals surface area contributed by atoms with Crippen molar-refractivity contribution in [1.82, 2.24) is 14.9 Å². The second-order valence-electron chi connectivity index (χ2n) is 8.53. The molecule has 0 aliphatic heterocycles. The Labute approximate surface area is 186 Å². The van der Waals surface area contributed by atoms with E-state index in [1.165, 1.54) is 12.8 Å². The van der Waals surface area contributed by atoms with Crippen LogP contribution in [0, 0.1) is 0 Å². The maximum absolute atomic E-state index is 12.4. The van der Waals surface area contributed by atoms with Crippen LogP contribution < -0.4 is 16.8 Å². The zero-order valence-corrected chi connectivity index (χ0v) is 18.3. The molecule has 4 rings (SSSR count). The summed E-state index contributed by atoms with van der Waals surface area (Å²) in [5.41, 5.74) is 14.7. The summed E-state index contributed by atoms with van der Waals surface area (Å²) in [6, 6.07) is 9.03. The van der Waals surface area contributed by atoms with E-state index in [-0.39, 0.29) is 29.8 Å². The predicted molar refractivity (Wildman–Crippen MR) is 121 cm³/mol. The van der Waals surface area contributed by atoms with Gasteiger partial charge >= 0.3 is 0 Å². The smallest absolute Gasteiger partial charge is 0.254 e. The molecule has 2 aromatic heterocycles. The SMILES string of the molecule is CC(C)n1nc(-c2ccc(CC(=O)Nc3cc(C4CCCC4)no3)cc2)c(C(N)=O)c1N. The van der Waals surface area contributed by atoms with Crippen molar-refractivity contribution < 1.29 is 14.1 Å². The standard InChI is InChI=1S/C23H28N6O3/c1-13(2)29-22(24)20(23(25)31)21(27-29)16-9-7-14(8-10-16)11-18(30)26-19-12-17(28-32-19)15-5-3-4-6-15/h7-10,12-13,15H,3-6,11,24H2,1-2H3,(H2,25,31)(H,26,30). The molecule has 3 aromatic rings. The van der Waals surface area contributed by atoms with Crippen LogP contribution >= 0.6 is 0 Å². The minimum absolute atomic E-state index is 0.0184. The van der Waals surface area contributed by atoms with Gasteiger partial charge < -0.3 is 16.0 Å². The molecule has 1 fully saturated rings. The lowest BCUT2D eigenvalue weighted by Gasteiger charge is -2.07. The van der Waals surface area contributed by atoms with Crippen molar-refractivity contribution in [2.75, 3.05) is 11.1 Å². The molecule has 32 heavy (non-hydrogen) atoms. The number of anilines is 2. The third-order valence-electron chi connectivity index (χ3n) is 5.84. The van der Waals surface area contributed by atoms with E-state index >= 15 is 0 Å². The lowest BCUT2D eigenvalue weighted by atomic mass is 10.0. The molecule has 168 valence electrons. The Morgan fingerprint density at radius 2 is 1.91 bits per heavy atom. The number of hydrogen-bond donors (Lipinski definition) is 3. The Balaban J connectivity index is 1.45. The Morgan fingerprint density at radius 3 is 2.53 bits per heavy atom. The van der Waals surface area contributed by atoms with Gasteiger partial charge in [-0.2, -0.15) is 5.10 Å². The van der Waals surface area contributed by atoms with Crippen molar-refractivity contribution in [2.24, 2.45) is 5.73 Å². The second kappa shape index (κ2) is 8.86. The average molecular weight is 437 g/mol. The number of nitrogens with two attached hydrogens (primary N) is 2. The number of nitrogens with one attached hydrogen (secondary N) is 1. The molecule has 5 N–H and O–H groups in total. The van der Waals surface area contributed by atoms with E-state index in [9.17, 15) is 9.59 Å². The van der Waals surface area contributed by atoms with Crippen molar-refractivity contribution in [2.45, 2.75) is 57.9 Å². The number of carbonyl (C=O) groups excluding carboxylic acids is 2. The highest BCUT2D eigenvalue weighted by atomic mass is 16.5. The monoisotopic (exact) mass is 436 g/mol. The summed E-state index contributed by atoms with van der Waals surface area (Å²) < 4.78 is 6.86. The fourth-order valence-electron chi connectivity index (χ4n) is 4.20. The molecule has 0 radical (unpaired) electrons. The molecule has 1 aliphatic carbocycles. The van der Waals surface area contributed by atoms with E-state index in [4.69, 9.17) is 16.0 Å². The highest BCUT2D eigenvalue weighted by molar-refractivity contribution is 6.03. The largest absolute Gasteiger partial charge is 0.383 e. The van der Waals surface area contributed by atoms with Gasteiger partial charge in [-0.1, -0.05) is 42.3 Å². The highest BCUT2D eigenvalue weighted by Gasteiger charge is 2.23. The molecule has 9 nitrogen and oxygen atoms in total. The lowest BCUT2D eigenvalue weighted by Crippen LogP contribution is -2.15. The Bertz CT molecular complexity index is 1120. The van der Waals surface area contributed by atoms with Gasteiger partial charge in [-0.15, -0.1) is 0 Å². The maximum Gasteiger partial charge on any atom is 0.254 e. The number of aromatic nitrogens is 3. The van der Waals surface area contributed by atoms with Crippen LogP contribution in [0.5, 0.6) is 0 Å². The summed E-state index contributed by atoms with van der Waals surface area (Å²) in [6.45, 7) is 3.84. The molecule has 9 heteroatoms. The number of rotatable bonds is 7. The van der Waals surface area contributed by atoms with Crippen LogP contribution in [0.3, 0.4) is 0 Å². The zero-order chi connectivity index (χ0) is 22.8. The molecule has 1 aliphatic rings. The van der Waals surface area contributed by atoms with Gasteiger partial charge in [0, 0.05) is 23.6 Å². The minimum atomic E-state index is -0.628. The summed E-state index contributed by atoms with van der Waals surface area (Å²) in [4.78, 5) is 24.4. The van der Waals surface area contributed by atoms with Crippen LogP contribution in [0.1, 0.15) is 73.1 Å². The maximum atomic E-state index is 12.4. The van der Waals surface area contributed by atoms with E-state index in [1.54, 1.807) is 16.8 Å². The van der Waals surface area contributed by atoms with Crippen molar-refractivity contribution in [3.05, 3.63) is 47.2 Å². The Kier molecular flexibility index (Phi) is 5.98. The van der Waals surface area contributed by atoms with Gasteiger partial charge in [-0.05, 0) is 32.3 Å². The first-order valence-corrected chi connectivity index (χ1v) is 10.9. The first-order valence-electron chi connectivity index (χ1n) is 10.9. The number of carbonyl (C=O) groups is 2. The Hall–Kier alpha value is -3.62. The topological polar surface area (TPSA) is 142 Å². The van der Waals surface area contributed by atoms with Crippen LogP contribution in [0.15, 0.2) is 34.9 Å². The highest BCUT2D eigenvalue weighted by Crippen LogP contribution is 2.34. The van der Waals surface area contributed by atoms with Gasteiger partial charge in [0.15, 0.2) is 0 Å². The molecule has 1 aromatic carbocycles. The van der Waals surface area contributed by atoms with E-state index in [2.05, 4.69) is 15.6 Å². The third kappa shape index (κ3) is 4.37. The molecule has 1 saturated carbocycles. The van der Waals surface area contributed by atoms with Crippen molar-refractivity contribution in [1.29, 1.82) is 0 Å². The van der Waals surface area contributed by atoms with Gasteiger partial charge in [0.2, 0.25) is 11.8 Å². The number of nitrogens with zero attached hydrogens (tertiary/aromatic N) is 3. The summed E-state index contributed by atoms with van der Waals surface area (Å²) >= 11 is 0. The van der Waals surface area contributed by atoms with Gasteiger partial charge in [-0.25, -0.2) is 4.68 Å². The average Bonchev–Trinajstić information content (AvgIpc) is 3.48. The van der Waals surface area contributed by atoms with E-state index < -0.39 is 5.91 Å². The molecular weight excluding hydrogens is 408 g/mol. The third-order valence-corrected chi connectivity index (χ3v) is 5.84. The molecule has 0 unspecified atom stereocenters. The molecule has 0 spiro atoms. The van der Waals surface area contributed by atoms with Gasteiger partial charge in [-0.3, -0.25) is 14.9 Å². The molecule has 2 heterocycles. The van der Waals surface area contributed by atoms with Crippen LogP contribution in [-0.2, 0) is 11.2 Å². The molecular formula is C23H28N6O3. The van der Waals surface area contributed by atoms with Gasteiger partial charge in [0.1, 0.15) is 17.1 Å². The number of nitrogen functional groups attached to an aromatic ring is 1. The van der Waals surface area contributed by atoms with Crippen molar-refractivity contribution >= 4 is 23.5 Å². The summed E-state index contributed by atoms with van der Waals surface area (Å²) in [5, 5.41) is 11.3. The van der Waals surface area contributed by atoms with Crippen molar-refractivity contribution in [3.8, 4) is 11.3 Å². The van der Waals surface area contributed by atoms with Crippen LogP contribution in [0.25, 0.3) is 11.3 Å². The van der Waals surface area contributed by atoms with Crippen LogP contribution in [-0.4, -0.2) is 26.8 Å². The summed E-state index contributed by atoms with van der Waals surface area (Å²) in [6.07, 6.45) is 4.82. The molecule has 0 saturated heterocycles. The van der Waals surface area contributed by atoms with E-state index in [0.717, 1.165) is 24.1 Å². The molecule has 0 bridgehead atoms. The van der Waals surface area contributed by atoms with Gasteiger partial charge in [0.05, 0.1) is 12.1 Å². The van der Waals surface area contributed by atoms with Gasteiger partial charge in [0.25, 0.3) is 5.91 Å². The first-order chi connectivity index (χ1) is 15.3. The molecule has 0 atom stereocenters. The Morgan fingerprint density at radius 1 is 1.22 bits per heavy atom. The number of benzene rings is 1. The second-order valence-corrected chi connectivity index (χ2v) is 8.53. The predicted octanol–water partition coefficient (Wildman–Crippen LogP) is 3.64. The number of primary amides is 1. The first kappa shape index (κ1) is 21.6. The van der Waals surface area contributed by atoms with Crippen LogP contribution in [0.4, 0.5) is 11.7 Å². The number of amides is 2. The summed E-state index contributed by atoms with van der Waals surface area (Å²) in [7, 11) is 0. The lowest BCUT2D eigenvalue weighted by molar-refractivity contribution is -0.115. The van der Waals surface area contributed by atoms with Crippen molar-refractivity contribution in [3.63, 3.8) is 0 Å². The normalized spacial score (nSPS) is 14.2. The minimum Gasteiger partial charge on any atom is -0.383 e. The fourth-order valence-corrected chi connectivity index (χ4v) is 4.20. The quantitative estimate of drug-likeness (QED) is 0.516. The molecule has 2 amide bonds. The fraction of sp³-hybridized carbons (Fsp3) is 0.391. The van der Waals surface area contributed by atoms with E-state index in [1.807, 2.05) is 32.0 Å². The zero-order valence-electron chi connectivity index (χ0n) is 18.3. The van der Waals surface area contributed by atoms with Crippen LogP contribution in [0.2, 0.25) is 0 Å². The summed E-state index contributed by atoms with van der Waals surface area (Å²) in [5.74, 6) is 0.217. The van der Waals surface area contributed by atoms with E-state index in [0.29, 0.717) is 23.1 Å².